The number of nitrogens with zero attached hydrogens (tertiary/aromatic N) is 2. The van der Waals surface area contributed by atoms with Crippen LogP contribution in [0.3, 0.4) is 0 Å². The Balaban J connectivity index is 2.16. The van der Waals surface area contributed by atoms with Crippen LogP contribution in [0.15, 0.2) is 66.7 Å². The summed E-state index contributed by atoms with van der Waals surface area (Å²) in [4.78, 5) is 20.2. The van der Waals surface area contributed by atoms with Gasteiger partial charge in [-0.25, -0.2) is 13.8 Å². The molecule has 1 heterocycles. The van der Waals surface area contributed by atoms with E-state index in [1.165, 1.54) is 20.2 Å². The zero-order valence-corrected chi connectivity index (χ0v) is 25.7. The van der Waals surface area contributed by atoms with Crippen LogP contribution in [0, 0.1) is 11.6 Å². The molecule has 9 heteroatoms. The fourth-order valence-electron chi connectivity index (χ4n) is 5.19. The number of hydrogen-bond acceptors (Lipinski definition) is 5. The van der Waals surface area contributed by atoms with Crippen LogP contribution < -0.4 is 4.90 Å². The molecule has 0 N–H and O–H groups in total. The van der Waals surface area contributed by atoms with Gasteiger partial charge in [-0.1, -0.05) is 81.4 Å². The van der Waals surface area contributed by atoms with Crippen LogP contribution in [0.4, 0.5) is 14.5 Å². The van der Waals surface area contributed by atoms with E-state index in [0.29, 0.717) is 18.7 Å². The molecule has 2 radical (unpaired) electrons. The number of hydrogen-bond donors (Lipinski definition) is 0. The molecule has 4 rings (SSSR count). The van der Waals surface area contributed by atoms with Crippen LogP contribution >= 0.6 is 0 Å². The molecule has 2 unspecified atom stereocenters. The minimum Gasteiger partial charge on any atom is -0.400 e. The van der Waals surface area contributed by atoms with Gasteiger partial charge in [-0.2, -0.15) is 0 Å². The van der Waals surface area contributed by atoms with Gasteiger partial charge in [-0.15, -0.1) is 0 Å². The average Bonchev–Trinajstić information content (AvgIpc) is 2.94. The van der Waals surface area contributed by atoms with E-state index in [1.807, 2.05) is 79.4 Å². The molecule has 6 nitrogen and oxygen atoms in total. The molecule has 3 aromatic carbocycles. The molecule has 41 heavy (non-hydrogen) atoms. The highest BCUT2D eigenvalue weighted by Gasteiger charge is 2.44. The van der Waals surface area contributed by atoms with Gasteiger partial charge in [0.05, 0.1) is 30.6 Å². The first-order valence-electron chi connectivity index (χ1n) is 13.7. The molecular weight excluding hydrogens is 542 g/mol. The predicted octanol–water partition coefficient (Wildman–Crippen LogP) is 6.36. The van der Waals surface area contributed by atoms with E-state index in [2.05, 4.69) is 20.8 Å². The Bertz CT molecular complexity index is 1300. The number of anilines is 1. The molecule has 2 atom stereocenters. The van der Waals surface area contributed by atoms with E-state index in [4.69, 9.17) is 14.0 Å². The normalized spacial score (nSPS) is 17.9. The minimum atomic E-state index is -1.39. The van der Waals surface area contributed by atoms with Crippen LogP contribution in [-0.4, -0.2) is 60.2 Å². The number of morpholine rings is 1. The lowest BCUT2D eigenvalue weighted by molar-refractivity contribution is -0.0760. The Kier molecular flexibility index (Phi) is 9.33. The molecular formula is C32H38F2N2O4Si. The molecule has 0 spiro atoms. The third-order valence-electron chi connectivity index (χ3n) is 6.96. The Labute approximate surface area is 244 Å². The fraction of sp³-hybridized carbons (Fsp3) is 0.406. The fourth-order valence-corrected chi connectivity index (χ4v) is 5.99. The molecule has 218 valence electrons. The lowest BCUT2D eigenvalue weighted by Gasteiger charge is -2.43. The Morgan fingerprint density at radius 3 is 1.93 bits per heavy atom. The summed E-state index contributed by atoms with van der Waals surface area (Å²) in [6.45, 7) is 10.7. The van der Waals surface area contributed by atoms with Gasteiger partial charge >= 0.3 is 0 Å². The third-order valence-corrected chi connectivity index (χ3v) is 7.98. The summed E-state index contributed by atoms with van der Waals surface area (Å²) < 4.78 is 45.5. The van der Waals surface area contributed by atoms with Gasteiger partial charge in [-0.3, -0.25) is 9.63 Å². The number of halogens is 2. The van der Waals surface area contributed by atoms with Gasteiger partial charge in [0.2, 0.25) is 9.76 Å². The average molecular weight is 581 g/mol. The van der Waals surface area contributed by atoms with Crippen LogP contribution in [-0.2, 0) is 19.6 Å². The molecule has 0 saturated carbocycles. The monoisotopic (exact) mass is 580 g/mol. The van der Waals surface area contributed by atoms with Crippen molar-refractivity contribution in [1.82, 2.24) is 5.06 Å². The van der Waals surface area contributed by atoms with E-state index >= 15 is 8.78 Å². The van der Waals surface area contributed by atoms with Crippen molar-refractivity contribution >= 4 is 21.4 Å². The number of carbonyl (C=O) groups is 1. The number of carbonyl (C=O) groups excluding carboxylic acids is 1. The van der Waals surface area contributed by atoms with E-state index in [-0.39, 0.29) is 32.7 Å². The second-order valence-corrected chi connectivity index (χ2v) is 13.4. The Hall–Kier alpha value is -3.11. The highest BCUT2D eigenvalue weighted by atomic mass is 28.2. The lowest BCUT2D eigenvalue weighted by atomic mass is 9.78. The number of benzene rings is 3. The molecule has 0 aromatic heterocycles. The predicted molar refractivity (Wildman–Crippen MR) is 157 cm³/mol. The molecule has 0 bridgehead atoms. The summed E-state index contributed by atoms with van der Waals surface area (Å²) in [5.41, 5.74) is 0.000991. The van der Waals surface area contributed by atoms with Crippen molar-refractivity contribution in [2.75, 3.05) is 32.1 Å². The summed E-state index contributed by atoms with van der Waals surface area (Å²) in [6, 6.07) is 20.4. The zero-order chi connectivity index (χ0) is 29.9. The maximum Gasteiger partial charge on any atom is 0.280 e. The van der Waals surface area contributed by atoms with Gasteiger partial charge in [0.15, 0.2) is 11.6 Å². The zero-order valence-electron chi connectivity index (χ0n) is 24.7. The lowest BCUT2D eigenvalue weighted by Crippen LogP contribution is -2.48. The standard InChI is InChI=1S/C32H38F2N2O4Si/c1-21-19-36(20-22(2)39-21)29-26(18-25(27(33)28(29)34)30(37)35(6)38-7)32(40-41-31(3,4)5,23-14-10-8-11-15-23)24-16-12-9-13-17-24/h8-18,21-22H,19-20H2,1-7H3. The van der Waals surface area contributed by atoms with Crippen molar-refractivity contribution in [2.24, 2.45) is 0 Å². The quantitative estimate of drug-likeness (QED) is 0.176. The summed E-state index contributed by atoms with van der Waals surface area (Å²) >= 11 is 0. The van der Waals surface area contributed by atoms with Crippen molar-refractivity contribution < 1.29 is 27.6 Å². The first-order valence-corrected chi connectivity index (χ1v) is 14.6. The smallest absolute Gasteiger partial charge is 0.280 e. The minimum absolute atomic E-state index is 0.0336. The third kappa shape index (κ3) is 6.38. The van der Waals surface area contributed by atoms with Crippen LogP contribution in [0.5, 0.6) is 0 Å². The summed E-state index contributed by atoms with van der Waals surface area (Å²) in [7, 11) is 2.62. The van der Waals surface area contributed by atoms with E-state index in [1.54, 1.807) is 0 Å². The van der Waals surface area contributed by atoms with E-state index < -0.39 is 28.7 Å². The second-order valence-electron chi connectivity index (χ2n) is 11.5. The Morgan fingerprint density at radius 2 is 1.46 bits per heavy atom. The van der Waals surface area contributed by atoms with Gasteiger partial charge in [0.25, 0.3) is 5.91 Å². The van der Waals surface area contributed by atoms with Gasteiger partial charge in [0.1, 0.15) is 5.60 Å². The molecule has 1 saturated heterocycles. The van der Waals surface area contributed by atoms with Gasteiger partial charge in [0, 0.05) is 25.7 Å². The van der Waals surface area contributed by atoms with Crippen molar-refractivity contribution in [3.8, 4) is 0 Å². The maximum atomic E-state index is 16.6. The van der Waals surface area contributed by atoms with Crippen LogP contribution in [0.25, 0.3) is 0 Å². The van der Waals surface area contributed by atoms with Crippen molar-refractivity contribution in [3.05, 3.63) is 101 Å². The van der Waals surface area contributed by atoms with Crippen molar-refractivity contribution in [3.63, 3.8) is 0 Å². The van der Waals surface area contributed by atoms with Gasteiger partial charge < -0.3 is 14.1 Å². The molecule has 1 amide bonds. The number of ether oxygens (including phenoxy) is 1. The Morgan fingerprint density at radius 1 is 0.951 bits per heavy atom. The first kappa shape index (κ1) is 30.8. The molecule has 1 aliphatic rings. The number of hydroxylamine groups is 2. The SMILES string of the molecule is CON(C)C(=O)c1cc(C(O[Si]C(C)(C)C)(c2ccccc2)c2ccccc2)c(N2CC(C)OC(C)C2)c(F)c1F. The molecule has 3 aromatic rings. The summed E-state index contributed by atoms with van der Waals surface area (Å²) in [5, 5.41) is 0.634. The van der Waals surface area contributed by atoms with Gasteiger partial charge in [-0.05, 0) is 36.1 Å². The highest BCUT2D eigenvalue weighted by Crippen LogP contribution is 2.48. The first-order chi connectivity index (χ1) is 19.4. The maximum absolute atomic E-state index is 16.6. The topological polar surface area (TPSA) is 51.2 Å². The van der Waals surface area contributed by atoms with E-state index in [0.717, 1.165) is 16.2 Å². The number of amides is 1. The number of rotatable bonds is 8. The molecule has 1 fully saturated rings. The van der Waals surface area contributed by atoms with E-state index in [9.17, 15) is 4.79 Å². The van der Waals surface area contributed by atoms with Crippen molar-refractivity contribution in [2.45, 2.75) is 57.5 Å². The van der Waals surface area contributed by atoms with Crippen LogP contribution in [0.2, 0.25) is 5.04 Å². The van der Waals surface area contributed by atoms with Crippen molar-refractivity contribution in [1.29, 1.82) is 0 Å². The largest absolute Gasteiger partial charge is 0.400 e. The molecule has 1 aliphatic heterocycles. The highest BCUT2D eigenvalue weighted by molar-refractivity contribution is 6.32. The molecule has 0 aliphatic carbocycles. The second kappa shape index (κ2) is 12.4. The van der Waals surface area contributed by atoms with Crippen LogP contribution in [0.1, 0.15) is 61.7 Å². The summed E-state index contributed by atoms with van der Waals surface area (Å²) in [6.07, 6.45) is -0.453. The summed E-state index contributed by atoms with van der Waals surface area (Å²) in [5.74, 6) is -3.16.